The first-order chi connectivity index (χ1) is 8.00. The van der Waals surface area contributed by atoms with E-state index in [0.29, 0.717) is 11.4 Å². The third-order valence-corrected chi connectivity index (χ3v) is 2.83. The van der Waals surface area contributed by atoms with E-state index in [1.54, 1.807) is 24.3 Å². The quantitative estimate of drug-likeness (QED) is 0.446. The third kappa shape index (κ3) is 1.85. The van der Waals surface area contributed by atoms with Gasteiger partial charge in [-0.25, -0.2) is 0 Å². The van der Waals surface area contributed by atoms with Gasteiger partial charge < -0.3 is 21.7 Å². The van der Waals surface area contributed by atoms with Gasteiger partial charge in [0.1, 0.15) is 11.5 Å². The highest BCUT2D eigenvalue weighted by atomic mass is 16.3. The Labute approximate surface area is 99.1 Å². The summed E-state index contributed by atoms with van der Waals surface area (Å²) in [5.41, 5.74) is 14.6. The van der Waals surface area contributed by atoms with E-state index in [4.69, 9.17) is 11.5 Å². The van der Waals surface area contributed by atoms with Crippen LogP contribution in [0.15, 0.2) is 30.3 Å². The van der Waals surface area contributed by atoms with Crippen molar-refractivity contribution < 1.29 is 10.2 Å². The highest BCUT2D eigenvalue weighted by Crippen LogP contribution is 2.35. The molecule has 0 aliphatic heterocycles. The monoisotopic (exact) mass is 230 g/mol. The summed E-state index contributed by atoms with van der Waals surface area (Å²) in [5, 5.41) is 18.8. The molecule has 4 heteroatoms. The number of anilines is 2. The van der Waals surface area contributed by atoms with Crippen LogP contribution in [0.4, 0.5) is 11.4 Å². The van der Waals surface area contributed by atoms with Crippen LogP contribution in [0.1, 0.15) is 5.56 Å². The van der Waals surface area contributed by atoms with E-state index < -0.39 is 0 Å². The number of aromatic hydroxyl groups is 2. The first-order valence-electron chi connectivity index (χ1n) is 5.17. The van der Waals surface area contributed by atoms with Gasteiger partial charge in [0.2, 0.25) is 0 Å². The number of hydrogen-bond donors (Lipinski definition) is 4. The Balaban J connectivity index is 2.61. The lowest BCUT2D eigenvalue weighted by molar-refractivity contribution is 0.477. The van der Waals surface area contributed by atoms with Gasteiger partial charge in [-0.05, 0) is 41.8 Å². The second-order valence-electron chi connectivity index (χ2n) is 3.94. The van der Waals surface area contributed by atoms with Crippen molar-refractivity contribution >= 4 is 11.4 Å². The van der Waals surface area contributed by atoms with Crippen molar-refractivity contribution in [2.75, 3.05) is 11.5 Å². The fourth-order valence-corrected chi connectivity index (χ4v) is 1.75. The van der Waals surface area contributed by atoms with Gasteiger partial charge in [0.05, 0.1) is 11.4 Å². The standard InChI is InChI=1S/C13H14N2O2/c1-7-9(3-5-12(17)13(7)15)8-2-4-11(16)10(14)6-8/h2-6,16-17H,14-15H2,1H3. The molecule has 2 aromatic rings. The highest BCUT2D eigenvalue weighted by molar-refractivity contribution is 5.78. The maximum absolute atomic E-state index is 9.48. The number of rotatable bonds is 1. The molecular formula is C13H14N2O2. The van der Waals surface area contributed by atoms with Crippen LogP contribution in [0.2, 0.25) is 0 Å². The number of nitrogen functional groups attached to an aromatic ring is 2. The molecule has 0 aliphatic rings. The molecule has 4 nitrogen and oxygen atoms in total. The zero-order chi connectivity index (χ0) is 12.6. The molecule has 88 valence electrons. The van der Waals surface area contributed by atoms with Crippen LogP contribution in [0.5, 0.6) is 11.5 Å². The van der Waals surface area contributed by atoms with Crippen LogP contribution in [0, 0.1) is 6.92 Å². The zero-order valence-corrected chi connectivity index (χ0v) is 9.44. The number of hydrogen-bond acceptors (Lipinski definition) is 4. The van der Waals surface area contributed by atoms with Gasteiger partial charge >= 0.3 is 0 Å². The molecule has 2 aromatic carbocycles. The van der Waals surface area contributed by atoms with E-state index in [2.05, 4.69) is 0 Å². The van der Waals surface area contributed by atoms with E-state index in [9.17, 15) is 10.2 Å². The van der Waals surface area contributed by atoms with E-state index in [1.165, 1.54) is 6.07 Å². The number of phenols is 2. The minimum Gasteiger partial charge on any atom is -0.506 e. The second kappa shape index (κ2) is 3.90. The number of nitrogens with two attached hydrogens (primary N) is 2. The Morgan fingerprint density at radius 2 is 1.59 bits per heavy atom. The number of benzene rings is 2. The Hall–Kier alpha value is -2.36. The van der Waals surface area contributed by atoms with Crippen LogP contribution < -0.4 is 11.5 Å². The van der Waals surface area contributed by atoms with E-state index in [1.807, 2.05) is 6.92 Å². The zero-order valence-electron chi connectivity index (χ0n) is 9.44. The van der Waals surface area contributed by atoms with Crippen LogP contribution in [0.25, 0.3) is 11.1 Å². The average Bonchev–Trinajstić information content (AvgIpc) is 2.30. The summed E-state index contributed by atoms with van der Waals surface area (Å²) in [4.78, 5) is 0. The third-order valence-electron chi connectivity index (χ3n) is 2.83. The van der Waals surface area contributed by atoms with Gasteiger partial charge in [-0.15, -0.1) is 0 Å². The topological polar surface area (TPSA) is 92.5 Å². The summed E-state index contributed by atoms with van der Waals surface area (Å²) < 4.78 is 0. The van der Waals surface area contributed by atoms with Crippen LogP contribution >= 0.6 is 0 Å². The van der Waals surface area contributed by atoms with Gasteiger partial charge in [-0.2, -0.15) is 0 Å². The summed E-state index contributed by atoms with van der Waals surface area (Å²) in [6, 6.07) is 8.28. The number of phenolic OH excluding ortho intramolecular Hbond substituents is 2. The van der Waals surface area contributed by atoms with Crippen molar-refractivity contribution in [2.24, 2.45) is 0 Å². The second-order valence-corrected chi connectivity index (χ2v) is 3.94. The molecule has 0 aliphatic carbocycles. The van der Waals surface area contributed by atoms with Crippen molar-refractivity contribution in [1.82, 2.24) is 0 Å². The average molecular weight is 230 g/mol. The normalized spacial score (nSPS) is 10.4. The molecule has 0 aromatic heterocycles. The minimum atomic E-state index is 0.0538. The van der Waals surface area contributed by atoms with Gasteiger partial charge in [0, 0.05) is 0 Å². The van der Waals surface area contributed by atoms with Crippen molar-refractivity contribution in [3.05, 3.63) is 35.9 Å². The molecule has 0 fully saturated rings. The lowest BCUT2D eigenvalue weighted by Crippen LogP contribution is -1.94. The molecule has 0 bridgehead atoms. The maximum atomic E-state index is 9.48. The van der Waals surface area contributed by atoms with E-state index in [0.717, 1.165) is 16.7 Å². The minimum absolute atomic E-state index is 0.0538. The fraction of sp³-hybridized carbons (Fsp3) is 0.0769. The van der Waals surface area contributed by atoms with Gasteiger partial charge in [0.25, 0.3) is 0 Å². The Bertz CT molecular complexity index is 580. The fourth-order valence-electron chi connectivity index (χ4n) is 1.75. The van der Waals surface area contributed by atoms with Crippen LogP contribution in [-0.2, 0) is 0 Å². The summed E-state index contributed by atoms with van der Waals surface area (Å²) >= 11 is 0. The molecule has 2 rings (SSSR count). The summed E-state index contributed by atoms with van der Waals surface area (Å²) in [5.74, 6) is 0.121. The van der Waals surface area contributed by atoms with Crippen LogP contribution in [-0.4, -0.2) is 10.2 Å². The Morgan fingerprint density at radius 1 is 0.941 bits per heavy atom. The molecule has 0 saturated carbocycles. The van der Waals surface area contributed by atoms with Crippen LogP contribution in [0.3, 0.4) is 0 Å². The molecule has 0 amide bonds. The molecule has 0 heterocycles. The molecule has 0 radical (unpaired) electrons. The van der Waals surface area contributed by atoms with E-state index >= 15 is 0 Å². The summed E-state index contributed by atoms with van der Waals surface area (Å²) in [7, 11) is 0. The Kier molecular flexibility index (Phi) is 2.55. The lowest BCUT2D eigenvalue weighted by atomic mass is 9.98. The van der Waals surface area contributed by atoms with E-state index in [-0.39, 0.29) is 11.5 Å². The lowest BCUT2D eigenvalue weighted by Gasteiger charge is -2.11. The van der Waals surface area contributed by atoms with Crippen molar-refractivity contribution in [2.45, 2.75) is 6.92 Å². The molecule has 0 atom stereocenters. The Morgan fingerprint density at radius 3 is 2.24 bits per heavy atom. The molecule has 0 saturated heterocycles. The smallest absolute Gasteiger partial charge is 0.138 e. The molecular weight excluding hydrogens is 216 g/mol. The van der Waals surface area contributed by atoms with Gasteiger partial charge in [-0.1, -0.05) is 12.1 Å². The predicted molar refractivity (Wildman–Crippen MR) is 68.8 cm³/mol. The SMILES string of the molecule is Cc1c(-c2ccc(O)c(N)c2)ccc(O)c1N. The van der Waals surface area contributed by atoms with Crippen molar-refractivity contribution in [3.8, 4) is 22.6 Å². The summed E-state index contributed by atoms with van der Waals surface area (Å²) in [6.07, 6.45) is 0. The first-order valence-corrected chi connectivity index (χ1v) is 5.17. The maximum Gasteiger partial charge on any atom is 0.138 e. The van der Waals surface area contributed by atoms with Crippen molar-refractivity contribution in [3.63, 3.8) is 0 Å². The van der Waals surface area contributed by atoms with Gasteiger partial charge in [0.15, 0.2) is 0 Å². The summed E-state index contributed by atoms with van der Waals surface area (Å²) in [6.45, 7) is 1.83. The largest absolute Gasteiger partial charge is 0.506 e. The molecule has 0 unspecified atom stereocenters. The molecule has 0 spiro atoms. The molecule has 17 heavy (non-hydrogen) atoms. The predicted octanol–water partition coefficient (Wildman–Crippen LogP) is 2.24. The van der Waals surface area contributed by atoms with Gasteiger partial charge in [-0.3, -0.25) is 0 Å². The van der Waals surface area contributed by atoms with Crippen molar-refractivity contribution in [1.29, 1.82) is 0 Å². The first kappa shape index (κ1) is 11.1. The molecule has 6 N–H and O–H groups in total. The highest BCUT2D eigenvalue weighted by Gasteiger charge is 2.09.